The molecule has 2 heteroatoms. The van der Waals surface area contributed by atoms with E-state index in [-0.39, 0.29) is 5.82 Å². The van der Waals surface area contributed by atoms with E-state index in [0.29, 0.717) is 0 Å². The smallest absolute Gasteiger partial charge is 0.125 e. The maximum Gasteiger partial charge on any atom is 0.125 e. The van der Waals surface area contributed by atoms with E-state index in [0.717, 1.165) is 22.0 Å². The molecule has 1 nitrogen and oxygen atoms in total. The normalized spacial score (nSPS) is 11.7. The number of hydrogen-bond donors (Lipinski definition) is 1. The molecule has 0 spiro atoms. The van der Waals surface area contributed by atoms with Crippen LogP contribution in [0, 0.1) is 5.82 Å². The molecule has 22 heavy (non-hydrogen) atoms. The van der Waals surface area contributed by atoms with Crippen LogP contribution in [0.15, 0.2) is 66.9 Å². The van der Waals surface area contributed by atoms with E-state index in [2.05, 4.69) is 47.5 Å². The second kappa shape index (κ2) is 5.15. The van der Waals surface area contributed by atoms with Crippen molar-refractivity contribution >= 4 is 33.8 Å². The summed E-state index contributed by atoms with van der Waals surface area (Å²) < 4.78 is 13.2. The van der Waals surface area contributed by atoms with Crippen molar-refractivity contribution < 1.29 is 4.39 Å². The van der Waals surface area contributed by atoms with Crippen molar-refractivity contribution in [2.75, 3.05) is 0 Å². The fourth-order valence-corrected chi connectivity index (χ4v) is 2.76. The molecule has 0 radical (unpaired) electrons. The van der Waals surface area contributed by atoms with Crippen LogP contribution in [0.1, 0.15) is 11.1 Å². The summed E-state index contributed by atoms with van der Waals surface area (Å²) in [7, 11) is 0. The van der Waals surface area contributed by atoms with Gasteiger partial charge in [-0.15, -0.1) is 0 Å². The van der Waals surface area contributed by atoms with Gasteiger partial charge in [0.2, 0.25) is 0 Å². The zero-order valence-corrected chi connectivity index (χ0v) is 11.9. The lowest BCUT2D eigenvalue weighted by Gasteiger charge is -1.99. The third-order valence-electron chi connectivity index (χ3n) is 3.90. The molecule has 106 valence electrons. The summed E-state index contributed by atoms with van der Waals surface area (Å²) in [5, 5.41) is 3.49. The van der Waals surface area contributed by atoms with Gasteiger partial charge >= 0.3 is 0 Å². The van der Waals surface area contributed by atoms with Gasteiger partial charge in [-0.1, -0.05) is 48.6 Å². The highest BCUT2D eigenvalue weighted by Gasteiger charge is 2.02. The lowest BCUT2D eigenvalue weighted by atomic mass is 10.1. The Kier molecular flexibility index (Phi) is 3.01. The van der Waals surface area contributed by atoms with Crippen LogP contribution in [0.3, 0.4) is 0 Å². The molecular formula is C20H14FN. The van der Waals surface area contributed by atoms with E-state index >= 15 is 0 Å². The summed E-state index contributed by atoms with van der Waals surface area (Å²) >= 11 is 0. The standard InChI is InChI=1S/C20H14FN/c21-18-9-10-19-17(13-22-20(19)12-18)8-6-14-5-7-15-3-1-2-4-16(15)11-14/h1-13,22H/b8-6+. The first-order valence-corrected chi connectivity index (χ1v) is 7.23. The molecule has 0 unspecified atom stereocenters. The summed E-state index contributed by atoms with van der Waals surface area (Å²) in [6.45, 7) is 0. The van der Waals surface area contributed by atoms with Crippen molar-refractivity contribution in [3.05, 3.63) is 83.8 Å². The first-order chi connectivity index (χ1) is 10.8. The molecule has 0 fully saturated rings. The molecule has 1 N–H and O–H groups in total. The Hall–Kier alpha value is -2.87. The van der Waals surface area contributed by atoms with Crippen LogP contribution in [-0.4, -0.2) is 4.98 Å². The lowest BCUT2D eigenvalue weighted by molar-refractivity contribution is 0.629. The number of aromatic amines is 1. The zero-order chi connectivity index (χ0) is 14.9. The number of hydrogen-bond acceptors (Lipinski definition) is 0. The topological polar surface area (TPSA) is 15.8 Å². The van der Waals surface area contributed by atoms with Gasteiger partial charge < -0.3 is 4.98 Å². The first kappa shape index (κ1) is 12.8. The van der Waals surface area contributed by atoms with Crippen molar-refractivity contribution in [3.8, 4) is 0 Å². The fourth-order valence-electron chi connectivity index (χ4n) is 2.76. The van der Waals surface area contributed by atoms with Crippen molar-refractivity contribution in [2.45, 2.75) is 0 Å². The van der Waals surface area contributed by atoms with E-state index in [1.54, 1.807) is 6.07 Å². The van der Waals surface area contributed by atoms with Crippen LogP contribution in [0.5, 0.6) is 0 Å². The van der Waals surface area contributed by atoms with E-state index in [9.17, 15) is 4.39 Å². The summed E-state index contributed by atoms with van der Waals surface area (Å²) in [6, 6.07) is 19.5. The Morgan fingerprint density at radius 1 is 0.818 bits per heavy atom. The molecule has 0 aliphatic heterocycles. The Morgan fingerprint density at radius 2 is 1.68 bits per heavy atom. The maximum absolute atomic E-state index is 13.2. The molecular weight excluding hydrogens is 273 g/mol. The number of aromatic nitrogens is 1. The van der Waals surface area contributed by atoms with Crippen molar-refractivity contribution in [1.82, 2.24) is 4.98 Å². The minimum Gasteiger partial charge on any atom is -0.360 e. The molecule has 4 rings (SSSR count). The predicted molar refractivity (Wildman–Crippen MR) is 91.1 cm³/mol. The van der Waals surface area contributed by atoms with Gasteiger partial charge in [0, 0.05) is 17.1 Å². The highest BCUT2D eigenvalue weighted by atomic mass is 19.1. The molecule has 0 amide bonds. The molecule has 1 heterocycles. The van der Waals surface area contributed by atoms with Crippen LogP contribution in [0.4, 0.5) is 4.39 Å². The molecule has 0 aliphatic rings. The summed E-state index contributed by atoms with van der Waals surface area (Å²) in [5.41, 5.74) is 3.02. The highest BCUT2D eigenvalue weighted by Crippen LogP contribution is 2.22. The van der Waals surface area contributed by atoms with Crippen LogP contribution in [-0.2, 0) is 0 Å². The quantitative estimate of drug-likeness (QED) is 0.491. The van der Waals surface area contributed by atoms with Gasteiger partial charge in [-0.3, -0.25) is 0 Å². The Bertz CT molecular complexity index is 995. The summed E-state index contributed by atoms with van der Waals surface area (Å²) in [6.07, 6.45) is 6.04. The highest BCUT2D eigenvalue weighted by molar-refractivity contribution is 5.92. The Balaban J connectivity index is 1.72. The van der Waals surface area contributed by atoms with Gasteiger partial charge in [0.25, 0.3) is 0 Å². The molecule has 0 aliphatic carbocycles. The number of H-pyrrole nitrogens is 1. The second-order valence-electron chi connectivity index (χ2n) is 5.37. The van der Waals surface area contributed by atoms with Gasteiger partial charge in [0.15, 0.2) is 0 Å². The Labute approximate surface area is 127 Å². The first-order valence-electron chi connectivity index (χ1n) is 7.23. The van der Waals surface area contributed by atoms with Gasteiger partial charge in [-0.05, 0) is 46.2 Å². The van der Waals surface area contributed by atoms with E-state index in [4.69, 9.17) is 0 Å². The minimum absolute atomic E-state index is 0.223. The van der Waals surface area contributed by atoms with Crippen LogP contribution < -0.4 is 0 Å². The molecule has 4 aromatic rings. The predicted octanol–water partition coefficient (Wildman–Crippen LogP) is 5.63. The van der Waals surface area contributed by atoms with Crippen LogP contribution in [0.25, 0.3) is 33.8 Å². The van der Waals surface area contributed by atoms with Gasteiger partial charge in [0.1, 0.15) is 5.82 Å². The number of fused-ring (bicyclic) bond motifs is 2. The third-order valence-corrected chi connectivity index (χ3v) is 3.90. The number of benzene rings is 3. The van der Waals surface area contributed by atoms with E-state index in [1.165, 1.54) is 22.9 Å². The molecule has 0 atom stereocenters. The van der Waals surface area contributed by atoms with Crippen molar-refractivity contribution in [1.29, 1.82) is 0 Å². The van der Waals surface area contributed by atoms with Gasteiger partial charge in [0.05, 0.1) is 0 Å². The third kappa shape index (κ3) is 2.29. The molecule has 0 bridgehead atoms. The molecule has 0 saturated heterocycles. The largest absolute Gasteiger partial charge is 0.360 e. The second-order valence-corrected chi connectivity index (χ2v) is 5.37. The summed E-state index contributed by atoms with van der Waals surface area (Å²) in [5.74, 6) is -0.223. The lowest BCUT2D eigenvalue weighted by Crippen LogP contribution is -1.76. The summed E-state index contributed by atoms with van der Waals surface area (Å²) in [4.78, 5) is 3.10. The fraction of sp³-hybridized carbons (Fsp3) is 0. The maximum atomic E-state index is 13.2. The van der Waals surface area contributed by atoms with E-state index < -0.39 is 0 Å². The molecule has 3 aromatic carbocycles. The number of nitrogens with one attached hydrogen (secondary N) is 1. The van der Waals surface area contributed by atoms with Crippen LogP contribution >= 0.6 is 0 Å². The van der Waals surface area contributed by atoms with E-state index in [1.807, 2.05) is 18.3 Å². The SMILES string of the molecule is Fc1ccc2c(/C=C/c3ccc4ccccc4c3)c[nH]c2c1. The number of rotatable bonds is 2. The van der Waals surface area contributed by atoms with Gasteiger partial charge in [-0.25, -0.2) is 4.39 Å². The van der Waals surface area contributed by atoms with Crippen molar-refractivity contribution in [3.63, 3.8) is 0 Å². The minimum atomic E-state index is -0.223. The Morgan fingerprint density at radius 3 is 2.59 bits per heavy atom. The van der Waals surface area contributed by atoms with Gasteiger partial charge in [-0.2, -0.15) is 0 Å². The van der Waals surface area contributed by atoms with Crippen molar-refractivity contribution in [2.24, 2.45) is 0 Å². The molecule has 0 saturated carbocycles. The van der Waals surface area contributed by atoms with Crippen LogP contribution in [0.2, 0.25) is 0 Å². The average Bonchev–Trinajstić information content (AvgIpc) is 2.95. The number of halogens is 1. The zero-order valence-electron chi connectivity index (χ0n) is 11.9. The molecule has 1 aromatic heterocycles. The monoisotopic (exact) mass is 287 g/mol. The average molecular weight is 287 g/mol.